The van der Waals surface area contributed by atoms with Crippen molar-refractivity contribution >= 4 is 16.9 Å². The first kappa shape index (κ1) is 36.1. The van der Waals surface area contributed by atoms with Crippen LogP contribution in [0.3, 0.4) is 0 Å². The van der Waals surface area contributed by atoms with Crippen LogP contribution in [0.2, 0.25) is 0 Å². The van der Waals surface area contributed by atoms with E-state index in [4.69, 9.17) is 19.2 Å². The Morgan fingerprint density at radius 1 is 0.736 bits per heavy atom. The van der Waals surface area contributed by atoms with Crippen molar-refractivity contribution in [3.8, 4) is 0 Å². The van der Waals surface area contributed by atoms with Crippen LogP contribution >= 0.6 is 0 Å². The number of fused-ring (bicyclic) bond motifs is 1. The molecule has 6 nitrogen and oxygen atoms in total. The van der Waals surface area contributed by atoms with Crippen LogP contribution in [0.15, 0.2) is 152 Å². The fourth-order valence-corrected chi connectivity index (χ4v) is 7.37. The Morgan fingerprint density at radius 3 is 1.92 bits per heavy atom. The topological polar surface area (TPSA) is 60.9 Å². The number of carbonyl (C=O) groups excluding carboxylic acids is 1. The highest BCUT2D eigenvalue weighted by Gasteiger charge is 2.38. The summed E-state index contributed by atoms with van der Waals surface area (Å²) < 4.78 is 19.4. The molecule has 1 amide bonds. The molecule has 0 aliphatic carbocycles. The van der Waals surface area contributed by atoms with Gasteiger partial charge < -0.3 is 19.1 Å². The standard InChI is InChI=1S/C47H48N2O4/c1-46(2,3)53-45(50)49-29-27-43(44(33-49)51-34-35-23-24-36-15-13-14-16-37(36)31-35)38-25-26-42(48-32-38)28-30-52-47(39-17-7-4-8-18-39,40-19-9-5-10-20-40)41-21-11-6-12-22-41/h4-26,31-32,43-44H,27-30,33-34H2,1-3H3. The van der Waals surface area contributed by atoms with Crippen molar-refractivity contribution < 1.29 is 19.0 Å². The van der Waals surface area contributed by atoms with E-state index in [9.17, 15) is 4.79 Å². The molecule has 0 saturated carbocycles. The smallest absolute Gasteiger partial charge is 0.410 e. The van der Waals surface area contributed by atoms with Crippen molar-refractivity contribution in [1.29, 1.82) is 0 Å². The van der Waals surface area contributed by atoms with Crippen LogP contribution in [0.5, 0.6) is 0 Å². The first-order chi connectivity index (χ1) is 25.8. The second-order valence-electron chi connectivity index (χ2n) is 14.8. The number of carbonyl (C=O) groups is 1. The highest BCUT2D eigenvalue weighted by Crippen LogP contribution is 2.40. The predicted molar refractivity (Wildman–Crippen MR) is 211 cm³/mol. The number of likely N-dealkylation sites (tertiary alicyclic amines) is 1. The van der Waals surface area contributed by atoms with E-state index in [0.717, 1.165) is 39.9 Å². The zero-order valence-electron chi connectivity index (χ0n) is 30.9. The Bertz CT molecular complexity index is 1980. The number of rotatable bonds is 11. The highest BCUT2D eigenvalue weighted by atomic mass is 16.6. The Labute approximate surface area is 313 Å². The molecule has 0 radical (unpaired) electrons. The number of ether oxygens (including phenoxy) is 3. The largest absolute Gasteiger partial charge is 0.444 e. The number of piperidine rings is 1. The normalized spacial score (nSPS) is 16.4. The van der Waals surface area contributed by atoms with Gasteiger partial charge in [-0.2, -0.15) is 0 Å². The molecule has 6 aromatic rings. The van der Waals surface area contributed by atoms with Crippen LogP contribution in [0.4, 0.5) is 4.79 Å². The number of aromatic nitrogens is 1. The van der Waals surface area contributed by atoms with Crippen LogP contribution in [0.1, 0.15) is 66.6 Å². The molecule has 0 bridgehead atoms. The van der Waals surface area contributed by atoms with Gasteiger partial charge in [0.05, 0.1) is 25.9 Å². The lowest BCUT2D eigenvalue weighted by molar-refractivity contribution is -0.0360. The molecule has 5 aromatic carbocycles. The van der Waals surface area contributed by atoms with Crippen molar-refractivity contribution in [1.82, 2.24) is 9.88 Å². The van der Waals surface area contributed by atoms with E-state index in [1.807, 2.05) is 45.2 Å². The Morgan fingerprint density at radius 2 is 1.34 bits per heavy atom. The van der Waals surface area contributed by atoms with Crippen molar-refractivity contribution in [3.63, 3.8) is 0 Å². The van der Waals surface area contributed by atoms with Gasteiger partial charge in [0.1, 0.15) is 11.2 Å². The summed E-state index contributed by atoms with van der Waals surface area (Å²) in [4.78, 5) is 19.9. The SMILES string of the molecule is CC(C)(C)OC(=O)N1CCC(c2ccc(CCOC(c3ccccc3)(c3ccccc3)c3ccccc3)nc2)C(OCc2ccc3ccccc3c2)C1. The molecular formula is C47H48N2O4. The fraction of sp³-hybridized carbons (Fsp3) is 0.277. The molecule has 2 unspecified atom stereocenters. The molecule has 1 fully saturated rings. The zero-order valence-corrected chi connectivity index (χ0v) is 30.9. The van der Waals surface area contributed by atoms with Gasteiger partial charge in [0, 0.05) is 30.8 Å². The molecule has 1 saturated heterocycles. The van der Waals surface area contributed by atoms with Crippen LogP contribution in [0, 0.1) is 0 Å². The van der Waals surface area contributed by atoms with Gasteiger partial charge in [-0.1, -0.05) is 133 Å². The molecular weight excluding hydrogens is 657 g/mol. The van der Waals surface area contributed by atoms with E-state index < -0.39 is 11.2 Å². The summed E-state index contributed by atoms with van der Waals surface area (Å²) in [5.74, 6) is 0.0776. The van der Waals surface area contributed by atoms with E-state index in [-0.39, 0.29) is 18.1 Å². The van der Waals surface area contributed by atoms with Crippen LogP contribution < -0.4 is 0 Å². The lowest BCUT2D eigenvalue weighted by atomic mass is 9.80. The summed E-state index contributed by atoms with van der Waals surface area (Å²) in [6.45, 7) is 7.65. The molecule has 1 aliphatic rings. The Balaban J connectivity index is 1.08. The second kappa shape index (κ2) is 16.2. The number of pyridine rings is 1. The fourth-order valence-electron chi connectivity index (χ4n) is 7.37. The second-order valence-corrected chi connectivity index (χ2v) is 14.8. The van der Waals surface area contributed by atoms with Gasteiger partial charge in [-0.05, 0) is 77.9 Å². The number of nitrogens with zero attached hydrogens (tertiary/aromatic N) is 2. The number of hydrogen-bond donors (Lipinski definition) is 0. The molecule has 6 heteroatoms. The van der Waals surface area contributed by atoms with E-state index >= 15 is 0 Å². The molecule has 0 spiro atoms. The minimum Gasteiger partial charge on any atom is -0.444 e. The van der Waals surface area contributed by atoms with E-state index in [1.165, 1.54) is 10.8 Å². The van der Waals surface area contributed by atoms with E-state index in [0.29, 0.717) is 32.7 Å². The van der Waals surface area contributed by atoms with E-state index in [2.05, 4.69) is 127 Å². The summed E-state index contributed by atoms with van der Waals surface area (Å²) in [7, 11) is 0. The summed E-state index contributed by atoms with van der Waals surface area (Å²) in [6, 6.07) is 50.4. The minimum absolute atomic E-state index is 0.0776. The summed E-state index contributed by atoms with van der Waals surface area (Å²) in [6.07, 6.45) is 2.85. The molecule has 0 N–H and O–H groups in total. The third-order valence-corrected chi connectivity index (χ3v) is 9.98. The first-order valence-corrected chi connectivity index (χ1v) is 18.6. The van der Waals surface area contributed by atoms with Crippen molar-refractivity contribution in [3.05, 3.63) is 185 Å². The van der Waals surface area contributed by atoms with Gasteiger partial charge in [-0.15, -0.1) is 0 Å². The van der Waals surface area contributed by atoms with Gasteiger partial charge in [-0.25, -0.2) is 4.79 Å². The number of benzene rings is 5. The maximum absolute atomic E-state index is 13.1. The maximum Gasteiger partial charge on any atom is 0.410 e. The van der Waals surface area contributed by atoms with Crippen LogP contribution in [-0.4, -0.2) is 47.4 Å². The minimum atomic E-state index is -0.776. The van der Waals surface area contributed by atoms with Crippen molar-refractivity contribution in [2.24, 2.45) is 0 Å². The quantitative estimate of drug-likeness (QED) is 0.126. The van der Waals surface area contributed by atoms with Gasteiger partial charge in [-0.3, -0.25) is 4.98 Å². The third kappa shape index (κ3) is 8.51. The first-order valence-electron chi connectivity index (χ1n) is 18.6. The molecule has 7 rings (SSSR count). The van der Waals surface area contributed by atoms with Crippen molar-refractivity contribution in [2.45, 2.75) is 63.4 Å². The zero-order chi connectivity index (χ0) is 36.7. The monoisotopic (exact) mass is 704 g/mol. The highest BCUT2D eigenvalue weighted by molar-refractivity contribution is 5.83. The van der Waals surface area contributed by atoms with Gasteiger partial charge in [0.15, 0.2) is 0 Å². The Kier molecular flexibility index (Phi) is 11.0. The van der Waals surface area contributed by atoms with Crippen molar-refractivity contribution in [2.75, 3.05) is 19.7 Å². The van der Waals surface area contributed by atoms with Gasteiger partial charge in [0.25, 0.3) is 0 Å². The molecule has 1 aromatic heterocycles. The summed E-state index contributed by atoms with van der Waals surface area (Å²) in [5, 5.41) is 2.38. The lowest BCUT2D eigenvalue weighted by Crippen LogP contribution is -2.48. The molecule has 53 heavy (non-hydrogen) atoms. The maximum atomic E-state index is 13.1. The third-order valence-electron chi connectivity index (χ3n) is 9.98. The predicted octanol–water partition coefficient (Wildman–Crippen LogP) is 10.1. The van der Waals surface area contributed by atoms with Crippen LogP contribution in [-0.2, 0) is 32.8 Å². The Hall–Kier alpha value is -5.30. The number of amides is 1. The molecule has 1 aliphatic heterocycles. The average Bonchev–Trinajstić information content (AvgIpc) is 3.19. The van der Waals surface area contributed by atoms with Gasteiger partial charge >= 0.3 is 6.09 Å². The van der Waals surface area contributed by atoms with Crippen LogP contribution in [0.25, 0.3) is 10.8 Å². The van der Waals surface area contributed by atoms with E-state index in [1.54, 1.807) is 4.90 Å². The summed E-state index contributed by atoms with van der Waals surface area (Å²) >= 11 is 0. The van der Waals surface area contributed by atoms with Gasteiger partial charge in [0.2, 0.25) is 0 Å². The lowest BCUT2D eigenvalue weighted by Gasteiger charge is -2.39. The molecule has 2 atom stereocenters. The number of hydrogen-bond acceptors (Lipinski definition) is 5. The summed E-state index contributed by atoms with van der Waals surface area (Å²) in [5.41, 5.74) is 5.05. The molecule has 2 heterocycles. The molecule has 270 valence electrons. The average molecular weight is 705 g/mol.